The molecule has 1 N–H and O–H groups in total. The summed E-state index contributed by atoms with van der Waals surface area (Å²) in [5.74, 6) is 0.469. The van der Waals surface area contributed by atoms with Gasteiger partial charge in [0.05, 0.1) is 12.2 Å². The van der Waals surface area contributed by atoms with E-state index in [0.717, 1.165) is 5.56 Å². The molecule has 2 saturated heterocycles. The molecule has 2 aromatic rings. The number of hydrogen-bond acceptors (Lipinski definition) is 5. The van der Waals surface area contributed by atoms with E-state index in [1.807, 2.05) is 30.3 Å². The van der Waals surface area contributed by atoms with Crippen LogP contribution in [0.25, 0.3) is 11.3 Å². The molecule has 4 rings (SSSR count). The smallest absolute Gasteiger partial charge is 0.305 e. The van der Waals surface area contributed by atoms with Gasteiger partial charge in [0.15, 0.2) is 6.19 Å². The number of aromatic nitrogens is 2. The van der Waals surface area contributed by atoms with E-state index in [1.165, 1.54) is 8.61 Å². The number of likely N-dealkylation sites (tertiary alicyclic amines) is 1. The monoisotopic (exact) mass is 358 g/mol. The minimum absolute atomic E-state index is 0.147. The molecule has 2 aliphatic rings. The Morgan fingerprint density at radius 2 is 2.00 bits per heavy atom. The first-order valence-electron chi connectivity index (χ1n) is 8.14. The summed E-state index contributed by atoms with van der Waals surface area (Å²) in [6.07, 6.45) is 2.77. The van der Waals surface area contributed by atoms with Crippen LogP contribution >= 0.6 is 0 Å². The summed E-state index contributed by atoms with van der Waals surface area (Å²) in [6, 6.07) is 11.2. The lowest BCUT2D eigenvalue weighted by Gasteiger charge is -2.23. The van der Waals surface area contributed by atoms with E-state index < -0.39 is 10.2 Å². The van der Waals surface area contributed by atoms with Crippen molar-refractivity contribution in [1.82, 2.24) is 19.4 Å². The second-order valence-electron chi connectivity index (χ2n) is 6.18. The summed E-state index contributed by atoms with van der Waals surface area (Å²) in [6.45, 7) is 1.87. The number of aromatic amines is 1. The maximum Gasteiger partial charge on any atom is 0.305 e. The molecule has 2 fully saturated rings. The van der Waals surface area contributed by atoms with Gasteiger partial charge in [0.25, 0.3) is 0 Å². The van der Waals surface area contributed by atoms with Gasteiger partial charge in [-0.3, -0.25) is 5.10 Å². The molecule has 0 bridgehead atoms. The average molecular weight is 358 g/mol. The molecule has 130 valence electrons. The lowest BCUT2D eigenvalue weighted by Crippen LogP contribution is -2.41. The predicted molar refractivity (Wildman–Crippen MR) is 92.6 cm³/mol. The lowest BCUT2D eigenvalue weighted by atomic mass is 10.2. The van der Waals surface area contributed by atoms with Gasteiger partial charge < -0.3 is 4.90 Å². The largest absolute Gasteiger partial charge is 0.309 e. The van der Waals surface area contributed by atoms with E-state index >= 15 is 0 Å². The van der Waals surface area contributed by atoms with Gasteiger partial charge >= 0.3 is 10.2 Å². The van der Waals surface area contributed by atoms with Crippen molar-refractivity contribution in [3.05, 3.63) is 36.4 Å². The molecule has 2 aliphatic heterocycles. The van der Waals surface area contributed by atoms with Crippen molar-refractivity contribution in [1.29, 1.82) is 5.26 Å². The highest BCUT2D eigenvalue weighted by Gasteiger charge is 2.43. The Labute approximate surface area is 146 Å². The minimum atomic E-state index is -3.61. The van der Waals surface area contributed by atoms with Crippen molar-refractivity contribution < 1.29 is 8.42 Å². The number of nitrogens with zero attached hydrogens (tertiary/aromatic N) is 5. The summed E-state index contributed by atoms with van der Waals surface area (Å²) in [4.78, 5) is 1.60. The first kappa shape index (κ1) is 15.9. The molecule has 0 saturated carbocycles. The van der Waals surface area contributed by atoms with Crippen molar-refractivity contribution in [2.24, 2.45) is 0 Å². The van der Waals surface area contributed by atoms with Crippen molar-refractivity contribution >= 4 is 16.0 Å². The molecule has 0 amide bonds. The van der Waals surface area contributed by atoms with E-state index in [0.29, 0.717) is 44.1 Å². The fourth-order valence-corrected chi connectivity index (χ4v) is 5.20. The van der Waals surface area contributed by atoms with E-state index in [9.17, 15) is 8.42 Å². The van der Waals surface area contributed by atoms with Crippen LogP contribution in [0.2, 0.25) is 0 Å². The fourth-order valence-electron chi connectivity index (χ4n) is 3.43. The Morgan fingerprint density at radius 3 is 2.72 bits per heavy atom. The second-order valence-corrected chi connectivity index (χ2v) is 7.99. The molecular weight excluding hydrogens is 340 g/mol. The molecule has 25 heavy (non-hydrogen) atoms. The molecule has 9 heteroatoms. The first-order chi connectivity index (χ1) is 12.1. The van der Waals surface area contributed by atoms with E-state index in [4.69, 9.17) is 5.26 Å². The van der Waals surface area contributed by atoms with E-state index in [2.05, 4.69) is 16.4 Å². The highest BCUT2D eigenvalue weighted by atomic mass is 32.2. The topological polar surface area (TPSA) is 96.3 Å². The quantitative estimate of drug-likeness (QED) is 0.826. The van der Waals surface area contributed by atoms with Crippen molar-refractivity contribution in [3.8, 4) is 17.5 Å². The molecule has 0 spiro atoms. The number of nitriles is 1. The number of anilines is 1. The molecule has 1 aromatic heterocycles. The van der Waals surface area contributed by atoms with Gasteiger partial charge in [-0.2, -0.15) is 23.1 Å². The fraction of sp³-hybridized carbons (Fsp3) is 0.375. The number of nitrogens with one attached hydrogen (secondary N) is 1. The van der Waals surface area contributed by atoms with Gasteiger partial charge in [0, 0.05) is 37.3 Å². The molecule has 3 heterocycles. The van der Waals surface area contributed by atoms with Crippen molar-refractivity contribution in [3.63, 3.8) is 0 Å². The zero-order valence-electron chi connectivity index (χ0n) is 13.5. The number of hydrogen-bond donors (Lipinski definition) is 1. The van der Waals surface area contributed by atoms with E-state index in [-0.39, 0.29) is 6.04 Å². The number of H-pyrrole nitrogens is 1. The third-order valence-corrected chi connectivity index (χ3v) is 6.72. The molecular formula is C16H18N6O2S. The SMILES string of the molecule is N#CN1CCC(N2CCN(c3cc(-c4ccccc4)n[nH]3)S2(=O)=O)C1. The van der Waals surface area contributed by atoms with Crippen LogP contribution in [0, 0.1) is 11.5 Å². The van der Waals surface area contributed by atoms with Gasteiger partial charge in [0.1, 0.15) is 5.82 Å². The highest BCUT2D eigenvalue weighted by Crippen LogP contribution is 2.30. The molecule has 1 unspecified atom stereocenters. The van der Waals surface area contributed by atoms with Crippen LogP contribution in [-0.2, 0) is 10.2 Å². The lowest BCUT2D eigenvalue weighted by molar-refractivity contribution is 0.345. The van der Waals surface area contributed by atoms with Gasteiger partial charge in [-0.25, -0.2) is 4.31 Å². The maximum absolute atomic E-state index is 12.9. The zero-order chi connectivity index (χ0) is 17.4. The summed E-state index contributed by atoms with van der Waals surface area (Å²) < 4.78 is 28.7. The molecule has 1 aromatic carbocycles. The zero-order valence-corrected chi connectivity index (χ0v) is 14.4. The number of rotatable bonds is 3. The molecule has 8 nitrogen and oxygen atoms in total. The van der Waals surface area contributed by atoms with Gasteiger partial charge in [0.2, 0.25) is 0 Å². The third kappa shape index (κ3) is 2.73. The van der Waals surface area contributed by atoms with Gasteiger partial charge in [-0.1, -0.05) is 30.3 Å². The van der Waals surface area contributed by atoms with Crippen LogP contribution in [0.3, 0.4) is 0 Å². The van der Waals surface area contributed by atoms with Crippen molar-refractivity contribution in [2.45, 2.75) is 12.5 Å². The summed E-state index contributed by atoms with van der Waals surface area (Å²) in [5.41, 5.74) is 1.64. The Hall–Kier alpha value is -2.57. The summed E-state index contributed by atoms with van der Waals surface area (Å²) >= 11 is 0. The Morgan fingerprint density at radius 1 is 1.20 bits per heavy atom. The molecule has 1 atom stereocenters. The Bertz CT molecular complexity index is 904. The highest BCUT2D eigenvalue weighted by molar-refractivity contribution is 7.90. The van der Waals surface area contributed by atoms with Gasteiger partial charge in [-0.15, -0.1) is 0 Å². The van der Waals surface area contributed by atoms with Crippen LogP contribution in [0.4, 0.5) is 5.82 Å². The maximum atomic E-state index is 12.9. The number of benzene rings is 1. The van der Waals surface area contributed by atoms with Crippen molar-refractivity contribution in [2.75, 3.05) is 30.5 Å². The minimum Gasteiger partial charge on any atom is -0.309 e. The standard InChI is InChI=1S/C16H18N6O2S/c17-12-20-7-6-14(11-20)21-8-9-22(25(21,23)24)16-10-15(18-19-16)13-4-2-1-3-5-13/h1-5,10,14H,6-9,11H2,(H,18,19). The second kappa shape index (κ2) is 6.06. The van der Waals surface area contributed by atoms with Gasteiger partial charge in [-0.05, 0) is 6.42 Å². The van der Waals surface area contributed by atoms with E-state index in [1.54, 1.807) is 11.0 Å². The third-order valence-electron chi connectivity index (χ3n) is 4.71. The van der Waals surface area contributed by atoms with Crippen LogP contribution < -0.4 is 4.31 Å². The Kier molecular flexibility index (Phi) is 3.86. The summed E-state index contributed by atoms with van der Waals surface area (Å²) in [5, 5.41) is 16.1. The molecule has 0 aliphatic carbocycles. The van der Waals surface area contributed by atoms with Crippen LogP contribution in [0.5, 0.6) is 0 Å². The Balaban J connectivity index is 1.57. The average Bonchev–Trinajstić information content (AvgIpc) is 3.33. The van der Waals surface area contributed by atoms with Crippen LogP contribution in [0.15, 0.2) is 36.4 Å². The molecule has 0 radical (unpaired) electrons. The van der Waals surface area contributed by atoms with Crippen LogP contribution in [0.1, 0.15) is 6.42 Å². The first-order valence-corrected chi connectivity index (χ1v) is 9.54. The predicted octanol–water partition coefficient (Wildman–Crippen LogP) is 0.999. The summed E-state index contributed by atoms with van der Waals surface area (Å²) in [7, 11) is -3.61. The van der Waals surface area contributed by atoms with Crippen LogP contribution in [-0.4, -0.2) is 60.0 Å². The normalized spacial score (nSPS) is 23.1.